The first-order valence-corrected chi connectivity index (χ1v) is 14.4. The molecule has 0 heterocycles. The average Bonchev–Trinajstić information content (AvgIpc) is 2.79. The van der Waals surface area contributed by atoms with Gasteiger partial charge in [0.25, 0.3) is 0 Å². The lowest BCUT2D eigenvalue weighted by molar-refractivity contribution is -0.139. The Morgan fingerprint density at radius 2 is 1.50 bits per heavy atom. The molecule has 0 saturated heterocycles. The van der Waals surface area contributed by atoms with Crippen LogP contribution in [0.2, 0.25) is 10.0 Å². The molecule has 10 heteroatoms. The van der Waals surface area contributed by atoms with E-state index in [4.69, 9.17) is 23.2 Å². The van der Waals surface area contributed by atoms with Crippen molar-refractivity contribution in [1.82, 2.24) is 10.2 Å². The Morgan fingerprint density at radius 3 is 1.97 bits per heavy atom. The van der Waals surface area contributed by atoms with Crippen molar-refractivity contribution in [3.05, 3.63) is 63.6 Å². The van der Waals surface area contributed by atoms with Gasteiger partial charge in [0.1, 0.15) is 12.6 Å². The lowest BCUT2D eigenvalue weighted by Gasteiger charge is -2.32. The number of nitrogens with one attached hydrogen (secondary N) is 1. The highest BCUT2D eigenvalue weighted by Crippen LogP contribution is 2.27. The van der Waals surface area contributed by atoms with Crippen LogP contribution < -0.4 is 9.62 Å². The van der Waals surface area contributed by atoms with Gasteiger partial charge in [0.2, 0.25) is 21.8 Å². The van der Waals surface area contributed by atoms with Crippen molar-refractivity contribution < 1.29 is 18.0 Å². The number of hydrogen-bond donors (Lipinski definition) is 1. The molecule has 0 saturated carbocycles. The van der Waals surface area contributed by atoms with Gasteiger partial charge < -0.3 is 10.2 Å². The molecule has 7 nitrogen and oxygen atoms in total. The third-order valence-corrected chi connectivity index (χ3v) is 7.62. The molecule has 1 atom stereocenters. The molecule has 2 rings (SSSR count). The van der Waals surface area contributed by atoms with Gasteiger partial charge in [-0.1, -0.05) is 69.1 Å². The summed E-state index contributed by atoms with van der Waals surface area (Å²) in [6.45, 7) is 9.50. The molecule has 198 valence electrons. The molecular formula is C26H35Cl2N3O4S. The second kappa shape index (κ2) is 12.8. The van der Waals surface area contributed by atoms with Crippen molar-refractivity contribution in [3.8, 4) is 0 Å². The highest BCUT2D eigenvalue weighted by Gasteiger charge is 2.31. The third-order valence-electron chi connectivity index (χ3n) is 5.77. The number of nitrogens with zero attached hydrogens (tertiary/aromatic N) is 2. The van der Waals surface area contributed by atoms with E-state index in [0.29, 0.717) is 27.8 Å². The van der Waals surface area contributed by atoms with Crippen LogP contribution in [0.3, 0.4) is 0 Å². The van der Waals surface area contributed by atoms with Crippen molar-refractivity contribution in [1.29, 1.82) is 0 Å². The molecule has 0 fully saturated rings. The number of amides is 2. The number of halogens is 2. The molecule has 2 aromatic rings. The van der Waals surface area contributed by atoms with Gasteiger partial charge in [-0.2, -0.15) is 0 Å². The molecule has 0 aliphatic heterocycles. The first-order chi connectivity index (χ1) is 16.7. The van der Waals surface area contributed by atoms with Gasteiger partial charge in [-0.3, -0.25) is 13.9 Å². The second-order valence-corrected chi connectivity index (χ2v) is 12.3. The molecule has 0 radical (unpaired) electrons. The fraction of sp³-hybridized carbons (Fsp3) is 0.462. The molecule has 2 aromatic carbocycles. The number of anilines is 1. The van der Waals surface area contributed by atoms with Crippen molar-refractivity contribution in [2.45, 2.75) is 53.1 Å². The normalized spacial score (nSPS) is 12.5. The minimum Gasteiger partial charge on any atom is -0.354 e. The van der Waals surface area contributed by atoms with Gasteiger partial charge in [-0.25, -0.2) is 8.42 Å². The number of carbonyl (C=O) groups is 2. The number of benzene rings is 2. The topological polar surface area (TPSA) is 86.8 Å². The maximum absolute atomic E-state index is 13.6. The monoisotopic (exact) mass is 555 g/mol. The molecule has 0 aliphatic carbocycles. The second-order valence-electron chi connectivity index (χ2n) is 9.55. The summed E-state index contributed by atoms with van der Waals surface area (Å²) in [6, 6.07) is 11.1. The van der Waals surface area contributed by atoms with E-state index in [0.717, 1.165) is 16.1 Å². The summed E-state index contributed by atoms with van der Waals surface area (Å²) < 4.78 is 26.4. The molecular weight excluding hydrogens is 521 g/mol. The highest BCUT2D eigenvalue weighted by atomic mass is 35.5. The Bertz CT molecular complexity index is 1150. The predicted molar refractivity (Wildman–Crippen MR) is 147 cm³/mol. The molecule has 0 aliphatic rings. The van der Waals surface area contributed by atoms with E-state index in [-0.39, 0.29) is 24.3 Å². The van der Waals surface area contributed by atoms with Gasteiger partial charge in [0.05, 0.1) is 11.9 Å². The lowest BCUT2D eigenvalue weighted by Crippen LogP contribution is -2.51. The van der Waals surface area contributed by atoms with Crippen LogP contribution in [0.1, 0.15) is 51.7 Å². The van der Waals surface area contributed by atoms with Crippen LogP contribution in [-0.2, 0) is 26.2 Å². The van der Waals surface area contributed by atoms with Crippen LogP contribution in [0.15, 0.2) is 42.5 Å². The van der Waals surface area contributed by atoms with E-state index in [2.05, 4.69) is 5.32 Å². The van der Waals surface area contributed by atoms with Crippen LogP contribution in [-0.4, -0.2) is 50.5 Å². The number of hydrogen-bond acceptors (Lipinski definition) is 4. The molecule has 0 bridgehead atoms. The summed E-state index contributed by atoms with van der Waals surface area (Å²) in [7, 11) is -3.80. The van der Waals surface area contributed by atoms with E-state index >= 15 is 0 Å². The summed E-state index contributed by atoms with van der Waals surface area (Å²) in [5.41, 5.74) is 1.89. The summed E-state index contributed by atoms with van der Waals surface area (Å²) >= 11 is 12.7. The maximum Gasteiger partial charge on any atom is 0.244 e. The summed E-state index contributed by atoms with van der Waals surface area (Å²) in [6.07, 6.45) is 1.05. The molecule has 36 heavy (non-hydrogen) atoms. The van der Waals surface area contributed by atoms with E-state index in [1.807, 2.05) is 39.8 Å². The Labute approximate surface area is 224 Å². The van der Waals surface area contributed by atoms with E-state index in [1.54, 1.807) is 37.3 Å². The van der Waals surface area contributed by atoms with Gasteiger partial charge >= 0.3 is 0 Å². The zero-order chi connectivity index (χ0) is 27.2. The Hall–Kier alpha value is -2.29. The molecule has 0 spiro atoms. The smallest absolute Gasteiger partial charge is 0.244 e. The zero-order valence-corrected chi connectivity index (χ0v) is 23.9. The van der Waals surface area contributed by atoms with Crippen LogP contribution in [0.5, 0.6) is 0 Å². The Morgan fingerprint density at radius 1 is 0.944 bits per heavy atom. The van der Waals surface area contributed by atoms with Crippen LogP contribution in [0.4, 0.5) is 5.69 Å². The molecule has 0 aromatic heterocycles. The third kappa shape index (κ3) is 8.11. The first-order valence-electron chi connectivity index (χ1n) is 11.8. The van der Waals surface area contributed by atoms with E-state index in [1.165, 1.54) is 4.90 Å². The van der Waals surface area contributed by atoms with Crippen molar-refractivity contribution in [2.75, 3.05) is 23.7 Å². The van der Waals surface area contributed by atoms with E-state index < -0.39 is 28.5 Å². The SMILES string of the molecule is CC(C)CNC(=O)[C@H](C)N(Cc1c(Cl)cccc1Cl)C(=O)CN(c1ccc(C(C)C)cc1)S(C)(=O)=O. The fourth-order valence-corrected chi connectivity index (χ4v) is 4.89. The van der Waals surface area contributed by atoms with Crippen molar-refractivity contribution >= 4 is 50.7 Å². The predicted octanol–water partition coefficient (Wildman–Crippen LogP) is 5.07. The minimum absolute atomic E-state index is 0.0580. The fourth-order valence-electron chi connectivity index (χ4n) is 3.53. The lowest BCUT2D eigenvalue weighted by atomic mass is 10.0. The summed E-state index contributed by atoms with van der Waals surface area (Å²) in [5.74, 6) is -0.421. The van der Waals surface area contributed by atoms with Gasteiger partial charge in [0, 0.05) is 28.7 Å². The number of sulfonamides is 1. The summed E-state index contributed by atoms with van der Waals surface area (Å²) in [4.78, 5) is 27.8. The molecule has 0 unspecified atom stereocenters. The molecule has 2 amide bonds. The number of carbonyl (C=O) groups excluding carboxylic acids is 2. The zero-order valence-electron chi connectivity index (χ0n) is 21.6. The van der Waals surface area contributed by atoms with Gasteiger partial charge in [-0.15, -0.1) is 0 Å². The Kier molecular flexibility index (Phi) is 10.6. The van der Waals surface area contributed by atoms with Gasteiger partial charge in [-0.05, 0) is 48.6 Å². The van der Waals surface area contributed by atoms with Crippen LogP contribution in [0.25, 0.3) is 0 Å². The van der Waals surface area contributed by atoms with Gasteiger partial charge in [0.15, 0.2) is 0 Å². The van der Waals surface area contributed by atoms with Crippen molar-refractivity contribution in [3.63, 3.8) is 0 Å². The van der Waals surface area contributed by atoms with Crippen LogP contribution in [0, 0.1) is 5.92 Å². The van der Waals surface area contributed by atoms with E-state index in [9.17, 15) is 18.0 Å². The number of rotatable bonds is 11. The summed E-state index contributed by atoms with van der Waals surface area (Å²) in [5, 5.41) is 3.53. The maximum atomic E-state index is 13.6. The van der Waals surface area contributed by atoms with Crippen molar-refractivity contribution in [2.24, 2.45) is 5.92 Å². The minimum atomic E-state index is -3.80. The first kappa shape index (κ1) is 29.9. The van der Waals surface area contributed by atoms with Crippen LogP contribution >= 0.6 is 23.2 Å². The molecule has 1 N–H and O–H groups in total. The highest BCUT2D eigenvalue weighted by molar-refractivity contribution is 7.92. The standard InChI is InChI=1S/C26H35Cl2N3O4S/c1-17(2)14-29-26(33)19(5)30(15-22-23(27)8-7-9-24(22)28)25(32)16-31(36(6,34)35)21-12-10-20(11-13-21)18(3)4/h7-13,17-19H,14-16H2,1-6H3,(H,29,33)/t19-/m0/s1. The quantitative estimate of drug-likeness (QED) is 0.419. The Balaban J connectivity index is 2.42. The largest absolute Gasteiger partial charge is 0.354 e. The average molecular weight is 557 g/mol.